The number of fused-ring (bicyclic) bond motifs is 2. The van der Waals surface area contributed by atoms with Crippen LogP contribution >= 0.6 is 0 Å². The maximum absolute atomic E-state index is 5.72. The minimum absolute atomic E-state index is 0.547. The van der Waals surface area contributed by atoms with Crippen molar-refractivity contribution < 1.29 is 0 Å². The summed E-state index contributed by atoms with van der Waals surface area (Å²) in [6.07, 6.45) is 4.04. The van der Waals surface area contributed by atoms with Crippen molar-refractivity contribution >= 4 is 0 Å². The molecule has 0 radical (unpaired) electrons. The van der Waals surface area contributed by atoms with Gasteiger partial charge in [-0.1, -0.05) is 36.8 Å². The summed E-state index contributed by atoms with van der Waals surface area (Å²) in [5.41, 5.74) is 4.49. The summed E-state index contributed by atoms with van der Waals surface area (Å²) in [5, 5.41) is 0. The van der Waals surface area contributed by atoms with E-state index in [1.807, 2.05) is 0 Å². The maximum Gasteiger partial charge on any atom is 0.0291 e. The van der Waals surface area contributed by atoms with Crippen LogP contribution < -0.4 is 11.3 Å². The van der Waals surface area contributed by atoms with Crippen molar-refractivity contribution in [1.29, 1.82) is 0 Å². The van der Waals surface area contributed by atoms with Crippen molar-refractivity contribution in [2.75, 3.05) is 13.1 Å². The van der Waals surface area contributed by atoms with Gasteiger partial charge in [0, 0.05) is 25.7 Å². The van der Waals surface area contributed by atoms with Crippen LogP contribution in [0.3, 0.4) is 0 Å². The lowest BCUT2D eigenvalue weighted by molar-refractivity contribution is 0.0425. The van der Waals surface area contributed by atoms with E-state index in [2.05, 4.69) is 40.7 Å². The maximum atomic E-state index is 5.72. The van der Waals surface area contributed by atoms with Gasteiger partial charge in [0.1, 0.15) is 0 Å². The molecule has 2 fully saturated rings. The van der Waals surface area contributed by atoms with E-state index in [1.54, 1.807) is 0 Å². The van der Waals surface area contributed by atoms with Crippen LogP contribution in [0.2, 0.25) is 0 Å². The number of hydrogen-bond acceptors (Lipinski definition) is 3. The molecule has 3 N–H and O–H groups in total. The van der Waals surface area contributed by atoms with Crippen molar-refractivity contribution in [3.63, 3.8) is 0 Å². The number of hydrogen-bond donors (Lipinski definition) is 2. The molecular formula is C15H23N3. The fourth-order valence-electron chi connectivity index (χ4n) is 3.78. The van der Waals surface area contributed by atoms with Gasteiger partial charge in [0.15, 0.2) is 0 Å². The second-order valence-electron chi connectivity index (χ2n) is 5.82. The van der Waals surface area contributed by atoms with Crippen LogP contribution in [0.4, 0.5) is 0 Å². The standard InChI is InChI=1S/C15H23N3/c16-17-15-13-7-4-8-14(15)11-18(10-13)9-12-5-2-1-3-6-12/h1-3,5-6,13-15,17H,4,7-11,16H2. The Kier molecular flexibility index (Phi) is 3.64. The van der Waals surface area contributed by atoms with E-state index in [9.17, 15) is 0 Å². The van der Waals surface area contributed by atoms with Crippen molar-refractivity contribution in [2.24, 2.45) is 17.7 Å². The first-order valence-corrected chi connectivity index (χ1v) is 7.09. The topological polar surface area (TPSA) is 41.3 Å². The molecule has 1 aliphatic carbocycles. The highest BCUT2D eigenvalue weighted by atomic mass is 15.3. The van der Waals surface area contributed by atoms with Crippen LogP contribution in [-0.4, -0.2) is 24.0 Å². The van der Waals surface area contributed by atoms with Crippen LogP contribution in [0.15, 0.2) is 30.3 Å². The molecule has 1 saturated heterocycles. The average Bonchev–Trinajstić information content (AvgIpc) is 2.39. The summed E-state index contributed by atoms with van der Waals surface area (Å²) in [6.45, 7) is 3.48. The van der Waals surface area contributed by atoms with Gasteiger partial charge >= 0.3 is 0 Å². The van der Waals surface area contributed by atoms with Crippen molar-refractivity contribution in [1.82, 2.24) is 10.3 Å². The molecule has 1 aromatic carbocycles. The number of likely N-dealkylation sites (tertiary alicyclic amines) is 1. The molecule has 2 unspecified atom stereocenters. The minimum Gasteiger partial charge on any atom is -0.298 e. The number of benzene rings is 1. The third-order valence-corrected chi connectivity index (χ3v) is 4.59. The normalized spacial score (nSPS) is 32.4. The fraction of sp³-hybridized carbons (Fsp3) is 0.600. The summed E-state index contributed by atoms with van der Waals surface area (Å²) in [6, 6.07) is 11.3. The molecule has 1 heterocycles. The van der Waals surface area contributed by atoms with Gasteiger partial charge < -0.3 is 0 Å². The monoisotopic (exact) mass is 245 g/mol. The third-order valence-electron chi connectivity index (χ3n) is 4.59. The minimum atomic E-state index is 0.547. The van der Waals surface area contributed by atoms with E-state index >= 15 is 0 Å². The zero-order chi connectivity index (χ0) is 12.4. The van der Waals surface area contributed by atoms with Gasteiger partial charge in [0.2, 0.25) is 0 Å². The Morgan fingerprint density at radius 2 is 1.78 bits per heavy atom. The Morgan fingerprint density at radius 1 is 1.11 bits per heavy atom. The Labute approximate surface area is 109 Å². The summed E-state index contributed by atoms with van der Waals surface area (Å²) in [5.74, 6) is 7.21. The first-order chi connectivity index (χ1) is 8.86. The largest absolute Gasteiger partial charge is 0.298 e. The van der Waals surface area contributed by atoms with Gasteiger partial charge in [-0.3, -0.25) is 16.2 Å². The van der Waals surface area contributed by atoms with Crippen LogP contribution in [-0.2, 0) is 6.54 Å². The predicted octanol–water partition coefficient (Wildman–Crippen LogP) is 1.75. The van der Waals surface area contributed by atoms with E-state index in [0.29, 0.717) is 6.04 Å². The lowest BCUT2D eigenvalue weighted by Gasteiger charge is -2.47. The van der Waals surface area contributed by atoms with E-state index in [4.69, 9.17) is 5.84 Å². The smallest absolute Gasteiger partial charge is 0.0291 e. The van der Waals surface area contributed by atoms with Crippen LogP contribution in [0.5, 0.6) is 0 Å². The first-order valence-electron chi connectivity index (χ1n) is 7.09. The predicted molar refractivity (Wildman–Crippen MR) is 73.7 cm³/mol. The number of piperidine rings is 1. The summed E-state index contributed by atoms with van der Waals surface area (Å²) < 4.78 is 0. The Bertz CT molecular complexity index is 365. The van der Waals surface area contributed by atoms with E-state index in [0.717, 1.165) is 18.4 Å². The molecule has 18 heavy (non-hydrogen) atoms. The molecule has 3 rings (SSSR count). The lowest BCUT2D eigenvalue weighted by atomic mass is 9.73. The molecule has 0 aromatic heterocycles. The van der Waals surface area contributed by atoms with Gasteiger partial charge in [-0.15, -0.1) is 0 Å². The van der Waals surface area contributed by atoms with Gasteiger partial charge in [0.25, 0.3) is 0 Å². The quantitative estimate of drug-likeness (QED) is 0.630. The molecule has 1 saturated carbocycles. The molecule has 3 nitrogen and oxygen atoms in total. The molecule has 1 aromatic rings. The molecule has 0 spiro atoms. The number of nitrogens with one attached hydrogen (secondary N) is 1. The van der Waals surface area contributed by atoms with E-state index < -0.39 is 0 Å². The van der Waals surface area contributed by atoms with Crippen LogP contribution in [0.25, 0.3) is 0 Å². The Hall–Kier alpha value is -0.900. The number of hydrazine groups is 1. The Morgan fingerprint density at radius 3 is 2.39 bits per heavy atom. The number of nitrogens with zero attached hydrogens (tertiary/aromatic N) is 1. The molecule has 2 aliphatic rings. The van der Waals surface area contributed by atoms with Crippen molar-refractivity contribution in [3.8, 4) is 0 Å². The second kappa shape index (κ2) is 5.39. The van der Waals surface area contributed by atoms with Crippen molar-refractivity contribution in [2.45, 2.75) is 31.8 Å². The van der Waals surface area contributed by atoms with Crippen molar-refractivity contribution in [3.05, 3.63) is 35.9 Å². The van der Waals surface area contributed by atoms with Crippen LogP contribution in [0.1, 0.15) is 24.8 Å². The van der Waals surface area contributed by atoms with Gasteiger partial charge in [0.05, 0.1) is 0 Å². The summed E-state index contributed by atoms with van der Waals surface area (Å²) in [7, 11) is 0. The molecule has 2 atom stereocenters. The second-order valence-corrected chi connectivity index (χ2v) is 5.82. The van der Waals surface area contributed by atoms with Gasteiger partial charge in [-0.2, -0.15) is 0 Å². The zero-order valence-corrected chi connectivity index (χ0v) is 10.9. The highest BCUT2D eigenvalue weighted by Gasteiger charge is 2.38. The third kappa shape index (κ3) is 2.44. The van der Waals surface area contributed by atoms with Gasteiger partial charge in [-0.05, 0) is 30.2 Å². The zero-order valence-electron chi connectivity index (χ0n) is 10.9. The fourth-order valence-corrected chi connectivity index (χ4v) is 3.78. The summed E-state index contributed by atoms with van der Waals surface area (Å²) in [4.78, 5) is 2.61. The number of rotatable bonds is 3. The highest BCUT2D eigenvalue weighted by Crippen LogP contribution is 2.34. The summed E-state index contributed by atoms with van der Waals surface area (Å²) >= 11 is 0. The number of nitrogens with two attached hydrogens (primary N) is 1. The highest BCUT2D eigenvalue weighted by molar-refractivity contribution is 5.14. The first kappa shape index (κ1) is 12.2. The van der Waals surface area contributed by atoms with Gasteiger partial charge in [-0.25, -0.2) is 0 Å². The van der Waals surface area contributed by atoms with E-state index in [1.165, 1.54) is 37.9 Å². The van der Waals surface area contributed by atoms with Crippen LogP contribution in [0, 0.1) is 11.8 Å². The molecule has 98 valence electrons. The molecule has 2 bridgehead atoms. The van der Waals surface area contributed by atoms with E-state index in [-0.39, 0.29) is 0 Å². The molecule has 1 aliphatic heterocycles. The molecule has 3 heteroatoms. The Balaban J connectivity index is 1.66. The molecular weight excluding hydrogens is 222 g/mol. The SMILES string of the molecule is NNC1C2CCCC1CN(Cc1ccccc1)C2. The molecule has 0 amide bonds. The lowest BCUT2D eigenvalue weighted by Crippen LogP contribution is -2.58. The average molecular weight is 245 g/mol.